The molecule has 2 heteroatoms. The second-order valence-corrected chi connectivity index (χ2v) is 6.87. The molecule has 2 unspecified atom stereocenters. The van der Waals surface area contributed by atoms with E-state index >= 15 is 0 Å². The molecule has 0 aliphatic heterocycles. The van der Waals surface area contributed by atoms with Crippen LogP contribution in [0.2, 0.25) is 0 Å². The van der Waals surface area contributed by atoms with Crippen LogP contribution in [0.3, 0.4) is 0 Å². The van der Waals surface area contributed by atoms with Gasteiger partial charge in [0.2, 0.25) is 0 Å². The van der Waals surface area contributed by atoms with E-state index in [-0.39, 0.29) is 5.41 Å². The zero-order chi connectivity index (χ0) is 14.9. The van der Waals surface area contributed by atoms with Crippen LogP contribution in [-0.4, -0.2) is 12.3 Å². The summed E-state index contributed by atoms with van der Waals surface area (Å²) < 4.78 is 0. The normalized spacial score (nSPS) is 15.3. The van der Waals surface area contributed by atoms with Gasteiger partial charge in [-0.05, 0) is 37.6 Å². The van der Waals surface area contributed by atoms with Gasteiger partial charge in [-0.2, -0.15) is 0 Å². The van der Waals surface area contributed by atoms with Crippen molar-refractivity contribution in [1.82, 2.24) is 0 Å². The third-order valence-electron chi connectivity index (χ3n) is 4.37. The highest BCUT2D eigenvalue weighted by Crippen LogP contribution is 2.32. The van der Waals surface area contributed by atoms with Crippen LogP contribution in [0.5, 0.6) is 0 Å². The summed E-state index contributed by atoms with van der Waals surface area (Å²) in [4.78, 5) is 0. The molecule has 0 amide bonds. The molecule has 0 aliphatic carbocycles. The maximum atomic E-state index is 8.45. The number of hydrogen-bond donors (Lipinski definition) is 2. The first-order chi connectivity index (χ1) is 8.87. The fourth-order valence-electron chi connectivity index (χ4n) is 2.89. The molecule has 0 saturated carbocycles. The minimum atomic E-state index is 0.0359. The molecule has 0 saturated heterocycles. The van der Waals surface area contributed by atoms with Gasteiger partial charge in [-0.25, -0.2) is 0 Å². The largest absolute Gasteiger partial charge is 0.330 e. The molecule has 0 aliphatic rings. The summed E-state index contributed by atoms with van der Waals surface area (Å²) >= 11 is 0. The van der Waals surface area contributed by atoms with Crippen molar-refractivity contribution in [2.75, 3.05) is 6.54 Å². The Morgan fingerprint density at radius 3 is 2.32 bits per heavy atom. The van der Waals surface area contributed by atoms with Gasteiger partial charge in [-0.3, -0.25) is 0 Å². The molecule has 0 fully saturated rings. The maximum Gasteiger partial charge on any atom is 0.0148 e. The molecule has 0 spiro atoms. The van der Waals surface area contributed by atoms with Crippen molar-refractivity contribution in [3.8, 4) is 0 Å². The van der Waals surface area contributed by atoms with E-state index in [4.69, 9.17) is 11.1 Å². The van der Waals surface area contributed by atoms with Gasteiger partial charge in [0.15, 0.2) is 0 Å². The fourth-order valence-corrected chi connectivity index (χ4v) is 2.89. The summed E-state index contributed by atoms with van der Waals surface area (Å²) in [6.07, 6.45) is 8.20. The number of rotatable bonds is 11. The number of nitrogens with one attached hydrogen (secondary N) is 1. The molecule has 0 bridgehead atoms. The number of hydrogen-bond acceptors (Lipinski definition) is 2. The molecule has 0 aromatic heterocycles. The summed E-state index contributed by atoms with van der Waals surface area (Å²) in [7, 11) is 0. The number of nitrogens with two attached hydrogens (primary N) is 1. The van der Waals surface area contributed by atoms with E-state index in [0.29, 0.717) is 11.8 Å². The Morgan fingerprint density at radius 1 is 1.21 bits per heavy atom. The quantitative estimate of drug-likeness (QED) is 0.508. The van der Waals surface area contributed by atoms with Crippen LogP contribution < -0.4 is 5.73 Å². The fraction of sp³-hybridized carbons (Fsp3) is 0.941. The van der Waals surface area contributed by atoms with Crippen molar-refractivity contribution < 1.29 is 0 Å². The van der Waals surface area contributed by atoms with Crippen LogP contribution in [0.1, 0.15) is 79.6 Å². The number of unbranched alkanes of at least 4 members (excludes halogenated alkanes) is 1. The molecule has 2 atom stereocenters. The summed E-state index contributed by atoms with van der Waals surface area (Å²) in [5, 5.41) is 8.45. The van der Waals surface area contributed by atoms with E-state index in [1.165, 1.54) is 25.7 Å². The van der Waals surface area contributed by atoms with Crippen LogP contribution >= 0.6 is 0 Å². The first-order valence-corrected chi connectivity index (χ1v) is 8.15. The van der Waals surface area contributed by atoms with E-state index in [1.807, 2.05) is 0 Å². The van der Waals surface area contributed by atoms with Gasteiger partial charge in [0.05, 0.1) is 0 Å². The average molecular weight is 268 g/mol. The molecule has 2 nitrogen and oxygen atoms in total. The smallest absolute Gasteiger partial charge is 0.0148 e. The van der Waals surface area contributed by atoms with Gasteiger partial charge in [-0.1, -0.05) is 60.3 Å². The molecule has 0 aromatic carbocycles. The van der Waals surface area contributed by atoms with Crippen molar-refractivity contribution in [3.63, 3.8) is 0 Å². The monoisotopic (exact) mass is 268 g/mol. The highest BCUT2D eigenvalue weighted by atomic mass is 14.5. The van der Waals surface area contributed by atoms with Crippen molar-refractivity contribution in [1.29, 1.82) is 5.41 Å². The van der Waals surface area contributed by atoms with Gasteiger partial charge in [0.25, 0.3) is 0 Å². The second kappa shape index (κ2) is 9.52. The Morgan fingerprint density at radius 2 is 1.84 bits per heavy atom. The van der Waals surface area contributed by atoms with Gasteiger partial charge < -0.3 is 11.1 Å². The topological polar surface area (TPSA) is 49.9 Å². The molecule has 0 aromatic rings. The molecule has 0 radical (unpaired) electrons. The van der Waals surface area contributed by atoms with Crippen molar-refractivity contribution >= 4 is 5.71 Å². The first-order valence-electron chi connectivity index (χ1n) is 8.15. The van der Waals surface area contributed by atoms with E-state index in [9.17, 15) is 0 Å². The van der Waals surface area contributed by atoms with E-state index < -0.39 is 0 Å². The zero-order valence-electron chi connectivity index (χ0n) is 13.9. The Labute approximate surface area is 121 Å². The highest BCUT2D eigenvalue weighted by Gasteiger charge is 2.27. The summed E-state index contributed by atoms with van der Waals surface area (Å²) in [5.41, 5.74) is 6.61. The predicted octanol–water partition coefficient (Wildman–Crippen LogP) is 5.01. The third kappa shape index (κ3) is 7.71. The van der Waals surface area contributed by atoms with Crippen LogP contribution in [0.15, 0.2) is 0 Å². The van der Waals surface area contributed by atoms with Crippen molar-refractivity contribution in [2.45, 2.75) is 79.6 Å². The highest BCUT2D eigenvalue weighted by molar-refractivity contribution is 5.86. The van der Waals surface area contributed by atoms with Gasteiger partial charge >= 0.3 is 0 Å². The third-order valence-corrected chi connectivity index (χ3v) is 4.37. The van der Waals surface area contributed by atoms with E-state index in [2.05, 4.69) is 34.6 Å². The van der Waals surface area contributed by atoms with Crippen LogP contribution in [0.25, 0.3) is 0 Å². The minimum Gasteiger partial charge on any atom is -0.330 e. The molecule has 19 heavy (non-hydrogen) atoms. The molecule has 0 heterocycles. The molecule has 3 N–H and O–H groups in total. The maximum absolute atomic E-state index is 8.45. The lowest BCUT2D eigenvalue weighted by molar-refractivity contribution is 0.346. The lowest BCUT2D eigenvalue weighted by Gasteiger charge is -2.31. The lowest BCUT2D eigenvalue weighted by Crippen LogP contribution is -2.28. The summed E-state index contributed by atoms with van der Waals surface area (Å²) in [6.45, 7) is 12.0. The Balaban J connectivity index is 4.35. The van der Waals surface area contributed by atoms with Crippen LogP contribution in [-0.2, 0) is 0 Å². The molecular formula is C17H36N2. The first kappa shape index (κ1) is 18.6. The Kier molecular flexibility index (Phi) is 9.34. The summed E-state index contributed by atoms with van der Waals surface area (Å²) in [6, 6.07) is 0. The van der Waals surface area contributed by atoms with Crippen molar-refractivity contribution in [2.24, 2.45) is 23.0 Å². The van der Waals surface area contributed by atoms with E-state index in [0.717, 1.165) is 31.5 Å². The minimum absolute atomic E-state index is 0.0359. The van der Waals surface area contributed by atoms with Crippen LogP contribution in [0, 0.1) is 22.7 Å². The van der Waals surface area contributed by atoms with Crippen LogP contribution in [0.4, 0.5) is 0 Å². The predicted molar refractivity (Wildman–Crippen MR) is 86.9 cm³/mol. The van der Waals surface area contributed by atoms with E-state index in [1.54, 1.807) is 0 Å². The van der Waals surface area contributed by atoms with Gasteiger partial charge in [0, 0.05) is 11.1 Å². The average Bonchev–Trinajstić information content (AvgIpc) is 2.33. The SMILES string of the molecule is CCCCC(CC)CC(=N)C(C)(C)CC(C)CCN. The van der Waals surface area contributed by atoms with Gasteiger partial charge in [0.1, 0.15) is 0 Å². The zero-order valence-corrected chi connectivity index (χ0v) is 13.9. The molecule has 0 rings (SSSR count). The molecule has 114 valence electrons. The second-order valence-electron chi connectivity index (χ2n) is 6.87. The Bertz CT molecular complexity index is 246. The molecular weight excluding hydrogens is 232 g/mol. The van der Waals surface area contributed by atoms with Gasteiger partial charge in [-0.15, -0.1) is 0 Å². The standard InChI is InChI=1S/C17H36N2/c1-6-8-9-15(7-2)12-16(19)17(4,5)13-14(3)10-11-18/h14-15,19H,6-13,18H2,1-5H3. The Hall–Kier alpha value is -0.370. The van der Waals surface area contributed by atoms with Crippen molar-refractivity contribution in [3.05, 3.63) is 0 Å². The summed E-state index contributed by atoms with van der Waals surface area (Å²) in [5.74, 6) is 1.33. The lowest BCUT2D eigenvalue weighted by atomic mass is 9.75.